The molecule has 0 aromatic heterocycles. The number of benzene rings is 2. The van der Waals surface area contributed by atoms with Crippen molar-refractivity contribution in [2.45, 2.75) is 6.04 Å². The van der Waals surface area contributed by atoms with E-state index in [1.807, 2.05) is 0 Å². The molecule has 0 saturated heterocycles. The Morgan fingerprint density at radius 1 is 1.05 bits per heavy atom. The Morgan fingerprint density at radius 3 is 2.20 bits per heavy atom. The smallest absolute Gasteiger partial charge is 0.129 e. The number of nitrogens with one attached hydrogen (secondary N) is 1. The Labute approximate surface area is 140 Å². The molecular formula is C14H10BrCl3FN. The molecule has 1 N–H and O–H groups in total. The lowest BCUT2D eigenvalue weighted by Gasteiger charge is -2.19. The first-order valence-electron chi connectivity index (χ1n) is 5.70. The van der Waals surface area contributed by atoms with Gasteiger partial charge in [0.15, 0.2) is 0 Å². The molecule has 0 spiro atoms. The second kappa shape index (κ2) is 6.63. The van der Waals surface area contributed by atoms with Gasteiger partial charge in [-0.3, -0.25) is 0 Å². The molecule has 0 saturated carbocycles. The van der Waals surface area contributed by atoms with Gasteiger partial charge in [0.2, 0.25) is 0 Å². The summed E-state index contributed by atoms with van der Waals surface area (Å²) in [5, 5.41) is 4.48. The third-order valence-electron chi connectivity index (χ3n) is 2.86. The van der Waals surface area contributed by atoms with Crippen molar-refractivity contribution in [2.24, 2.45) is 0 Å². The molecule has 0 aliphatic rings. The van der Waals surface area contributed by atoms with Gasteiger partial charge in [-0.25, -0.2) is 4.39 Å². The predicted molar refractivity (Wildman–Crippen MR) is 86.5 cm³/mol. The Kier molecular flexibility index (Phi) is 5.32. The fourth-order valence-corrected chi connectivity index (χ4v) is 3.03. The average Bonchev–Trinajstić information content (AvgIpc) is 2.35. The van der Waals surface area contributed by atoms with E-state index in [9.17, 15) is 4.39 Å². The van der Waals surface area contributed by atoms with Crippen molar-refractivity contribution in [1.29, 1.82) is 0 Å². The maximum Gasteiger partial charge on any atom is 0.129 e. The predicted octanol–water partition coefficient (Wildman–Crippen LogP) is 5.86. The molecule has 1 atom stereocenters. The van der Waals surface area contributed by atoms with Crippen molar-refractivity contribution in [3.8, 4) is 0 Å². The zero-order valence-corrected chi connectivity index (χ0v) is 14.2. The van der Waals surface area contributed by atoms with Crippen molar-refractivity contribution in [3.05, 3.63) is 66.8 Å². The van der Waals surface area contributed by atoms with Crippen molar-refractivity contribution in [2.75, 3.05) is 7.05 Å². The summed E-state index contributed by atoms with van der Waals surface area (Å²) >= 11 is 21.2. The molecule has 0 heterocycles. The van der Waals surface area contributed by atoms with Crippen molar-refractivity contribution in [3.63, 3.8) is 0 Å². The summed E-state index contributed by atoms with van der Waals surface area (Å²) in [6, 6.07) is 7.64. The van der Waals surface area contributed by atoms with E-state index in [-0.39, 0.29) is 5.82 Å². The Bertz CT molecular complexity index is 628. The zero-order chi connectivity index (χ0) is 14.9. The molecule has 6 heteroatoms. The standard InChI is InChI=1S/C14H10BrCl3FN/c1-20-14(7-2-8(16)4-9(17)3-7)10-5-12(18)11(15)6-13(10)19/h2-6,14,20H,1H3. The zero-order valence-electron chi connectivity index (χ0n) is 10.4. The van der Waals surface area contributed by atoms with Crippen molar-refractivity contribution in [1.82, 2.24) is 5.32 Å². The van der Waals surface area contributed by atoms with Crippen LogP contribution in [0.2, 0.25) is 15.1 Å². The lowest BCUT2D eigenvalue weighted by molar-refractivity contribution is 0.575. The molecule has 106 valence electrons. The van der Waals surface area contributed by atoms with Gasteiger partial charge < -0.3 is 5.32 Å². The molecule has 1 unspecified atom stereocenters. The van der Waals surface area contributed by atoms with Gasteiger partial charge in [0, 0.05) is 20.1 Å². The third-order valence-corrected chi connectivity index (χ3v) is 4.49. The Balaban J connectivity index is 2.55. The van der Waals surface area contributed by atoms with E-state index < -0.39 is 6.04 Å². The first-order valence-corrected chi connectivity index (χ1v) is 7.62. The average molecular weight is 398 g/mol. The molecule has 1 nitrogen and oxygen atoms in total. The molecule has 0 bridgehead atoms. The molecule has 0 radical (unpaired) electrons. The number of hydrogen-bond acceptors (Lipinski definition) is 1. The van der Waals surface area contributed by atoms with Crippen molar-refractivity contribution >= 4 is 50.7 Å². The fraction of sp³-hybridized carbons (Fsp3) is 0.143. The maximum atomic E-state index is 14.2. The first kappa shape index (κ1) is 16.1. The largest absolute Gasteiger partial charge is 0.309 e. The lowest BCUT2D eigenvalue weighted by atomic mass is 9.98. The lowest BCUT2D eigenvalue weighted by Crippen LogP contribution is -2.19. The highest BCUT2D eigenvalue weighted by atomic mass is 79.9. The van der Waals surface area contributed by atoms with Gasteiger partial charge in [0.1, 0.15) is 5.82 Å². The van der Waals surface area contributed by atoms with Crippen LogP contribution in [-0.4, -0.2) is 7.05 Å². The van der Waals surface area contributed by atoms with Gasteiger partial charge in [-0.15, -0.1) is 0 Å². The first-order chi connectivity index (χ1) is 9.42. The summed E-state index contributed by atoms with van der Waals surface area (Å²) < 4.78 is 14.7. The Morgan fingerprint density at radius 2 is 1.65 bits per heavy atom. The fourth-order valence-electron chi connectivity index (χ4n) is 2.00. The van der Waals surface area contributed by atoms with Crippen LogP contribution in [0.5, 0.6) is 0 Å². The summed E-state index contributed by atoms with van der Waals surface area (Å²) in [4.78, 5) is 0. The van der Waals surface area contributed by atoms with Crippen LogP contribution < -0.4 is 5.32 Å². The number of rotatable bonds is 3. The molecular weight excluding hydrogens is 387 g/mol. The highest BCUT2D eigenvalue weighted by molar-refractivity contribution is 9.10. The van der Waals surface area contributed by atoms with Gasteiger partial charge >= 0.3 is 0 Å². The van der Waals surface area contributed by atoms with Crippen LogP contribution in [0.4, 0.5) is 4.39 Å². The van der Waals surface area contributed by atoms with Crippen LogP contribution in [0.3, 0.4) is 0 Å². The van der Waals surface area contributed by atoms with E-state index in [1.165, 1.54) is 6.07 Å². The highest BCUT2D eigenvalue weighted by Gasteiger charge is 2.19. The monoisotopic (exact) mass is 395 g/mol. The van der Waals surface area contributed by atoms with Crippen LogP contribution in [0.25, 0.3) is 0 Å². The summed E-state index contributed by atoms with van der Waals surface area (Å²) in [6.45, 7) is 0. The van der Waals surface area contributed by atoms with Crippen molar-refractivity contribution < 1.29 is 4.39 Å². The van der Waals surface area contributed by atoms with Crippen LogP contribution in [0.15, 0.2) is 34.8 Å². The summed E-state index contributed by atoms with van der Waals surface area (Å²) in [7, 11) is 1.73. The summed E-state index contributed by atoms with van der Waals surface area (Å²) in [5.41, 5.74) is 1.20. The normalized spacial score (nSPS) is 12.5. The number of hydrogen-bond donors (Lipinski definition) is 1. The molecule has 0 aliphatic carbocycles. The molecule has 2 rings (SSSR count). The van der Waals surface area contributed by atoms with Crippen LogP contribution >= 0.6 is 50.7 Å². The molecule has 20 heavy (non-hydrogen) atoms. The van der Waals surface area contributed by atoms with Gasteiger partial charge in [0.05, 0.1) is 11.1 Å². The van der Waals surface area contributed by atoms with Gasteiger partial charge in [-0.05, 0) is 58.9 Å². The minimum Gasteiger partial charge on any atom is -0.309 e. The van der Waals surface area contributed by atoms with E-state index in [1.54, 1.807) is 31.3 Å². The van der Waals surface area contributed by atoms with Gasteiger partial charge in [-0.2, -0.15) is 0 Å². The third kappa shape index (κ3) is 3.46. The molecule has 0 aliphatic heterocycles. The summed E-state index contributed by atoms with van der Waals surface area (Å²) in [6.07, 6.45) is 0. The van der Waals surface area contributed by atoms with E-state index in [0.29, 0.717) is 25.1 Å². The quantitative estimate of drug-likeness (QED) is 0.640. The highest BCUT2D eigenvalue weighted by Crippen LogP contribution is 2.33. The van der Waals surface area contributed by atoms with E-state index in [2.05, 4.69) is 21.2 Å². The topological polar surface area (TPSA) is 12.0 Å². The van der Waals surface area contributed by atoms with E-state index in [4.69, 9.17) is 34.8 Å². The van der Waals surface area contributed by atoms with Crippen LogP contribution in [0.1, 0.15) is 17.2 Å². The second-order valence-electron chi connectivity index (χ2n) is 4.21. The SMILES string of the molecule is CNC(c1cc(Cl)cc(Cl)c1)c1cc(Cl)c(Br)cc1F. The second-order valence-corrected chi connectivity index (χ2v) is 6.35. The molecule has 2 aromatic rings. The maximum absolute atomic E-state index is 14.2. The van der Waals surface area contributed by atoms with Crippen LogP contribution in [0, 0.1) is 5.82 Å². The van der Waals surface area contributed by atoms with Gasteiger partial charge in [-0.1, -0.05) is 34.8 Å². The summed E-state index contributed by atoms with van der Waals surface area (Å²) in [5.74, 6) is -0.364. The minimum absolute atomic E-state index is 0.364. The minimum atomic E-state index is -0.392. The molecule has 0 amide bonds. The Hall–Kier alpha value is -0.320. The van der Waals surface area contributed by atoms with Gasteiger partial charge in [0.25, 0.3) is 0 Å². The molecule has 2 aromatic carbocycles. The number of halogens is 5. The molecule has 0 fully saturated rings. The van der Waals surface area contributed by atoms with E-state index in [0.717, 1.165) is 5.56 Å². The van der Waals surface area contributed by atoms with E-state index >= 15 is 0 Å². The van der Waals surface area contributed by atoms with Crippen LogP contribution in [-0.2, 0) is 0 Å².